The molecule has 3 rings (SSSR count). The molecule has 0 saturated heterocycles. The van der Waals surface area contributed by atoms with Crippen LogP contribution < -0.4 is 10.6 Å². The van der Waals surface area contributed by atoms with E-state index < -0.39 is 0 Å². The van der Waals surface area contributed by atoms with Gasteiger partial charge in [-0.25, -0.2) is 0 Å². The lowest BCUT2D eigenvalue weighted by Gasteiger charge is -2.18. The van der Waals surface area contributed by atoms with E-state index >= 15 is 0 Å². The molecule has 5 heteroatoms. The van der Waals surface area contributed by atoms with Gasteiger partial charge < -0.3 is 20.8 Å². The van der Waals surface area contributed by atoms with E-state index in [0.29, 0.717) is 5.69 Å². The van der Waals surface area contributed by atoms with E-state index in [9.17, 15) is 15.0 Å². The first-order valence-electron chi connectivity index (χ1n) is 6.79. The van der Waals surface area contributed by atoms with Gasteiger partial charge in [-0.15, -0.1) is 0 Å². The lowest BCUT2D eigenvalue weighted by molar-refractivity contribution is 0.102. The lowest BCUT2D eigenvalue weighted by Crippen LogP contribution is -2.23. The lowest BCUT2D eigenvalue weighted by atomic mass is 10.0. The van der Waals surface area contributed by atoms with Crippen molar-refractivity contribution in [2.45, 2.75) is 13.0 Å². The van der Waals surface area contributed by atoms with Gasteiger partial charge in [-0.3, -0.25) is 4.79 Å². The minimum absolute atomic E-state index is 0.144. The zero-order chi connectivity index (χ0) is 14.8. The van der Waals surface area contributed by atoms with Crippen molar-refractivity contribution < 1.29 is 15.0 Å². The van der Waals surface area contributed by atoms with E-state index in [4.69, 9.17) is 0 Å². The summed E-state index contributed by atoms with van der Waals surface area (Å²) in [6.45, 7) is 1.77. The first-order valence-corrected chi connectivity index (χ1v) is 6.79. The summed E-state index contributed by atoms with van der Waals surface area (Å²) in [5, 5.41) is 24.9. The van der Waals surface area contributed by atoms with Gasteiger partial charge in [0.1, 0.15) is 11.5 Å². The van der Waals surface area contributed by atoms with E-state index in [-0.39, 0.29) is 23.0 Å². The van der Waals surface area contributed by atoms with Gasteiger partial charge in [-0.05, 0) is 48.4 Å². The monoisotopic (exact) mass is 284 g/mol. The Kier molecular flexibility index (Phi) is 3.50. The molecule has 1 aliphatic rings. The number of nitrogens with one attached hydrogen (secondary N) is 2. The number of anilines is 1. The molecule has 4 N–H and O–H groups in total. The third-order valence-electron chi connectivity index (χ3n) is 3.52. The van der Waals surface area contributed by atoms with Crippen LogP contribution in [0, 0.1) is 0 Å². The molecule has 0 fully saturated rings. The van der Waals surface area contributed by atoms with Gasteiger partial charge in [0.2, 0.25) is 0 Å². The molecule has 0 atom stereocenters. The van der Waals surface area contributed by atoms with E-state index in [0.717, 1.165) is 19.5 Å². The van der Waals surface area contributed by atoms with Gasteiger partial charge in [0, 0.05) is 23.9 Å². The number of phenols is 2. The van der Waals surface area contributed by atoms with E-state index in [1.54, 1.807) is 0 Å². The fourth-order valence-corrected chi connectivity index (χ4v) is 2.49. The predicted molar refractivity (Wildman–Crippen MR) is 79.6 cm³/mol. The van der Waals surface area contributed by atoms with Gasteiger partial charge in [0.05, 0.1) is 0 Å². The summed E-state index contributed by atoms with van der Waals surface area (Å²) in [6.07, 6.45) is 0.990. The summed E-state index contributed by atoms with van der Waals surface area (Å²) < 4.78 is 0. The fraction of sp³-hybridized carbons (Fsp3) is 0.188. The second kappa shape index (κ2) is 5.46. The zero-order valence-electron chi connectivity index (χ0n) is 11.4. The average molecular weight is 284 g/mol. The van der Waals surface area contributed by atoms with Crippen LogP contribution in [-0.2, 0) is 13.0 Å². The van der Waals surface area contributed by atoms with Crippen molar-refractivity contribution in [3.63, 3.8) is 0 Å². The van der Waals surface area contributed by atoms with Crippen molar-refractivity contribution in [2.75, 3.05) is 11.9 Å². The van der Waals surface area contributed by atoms with Crippen LogP contribution in [0.15, 0.2) is 36.4 Å². The number of fused-ring (bicyclic) bond motifs is 1. The molecule has 0 bridgehead atoms. The Bertz CT molecular complexity index is 678. The summed E-state index contributed by atoms with van der Waals surface area (Å²) in [4.78, 5) is 12.1. The molecule has 2 aromatic rings. The summed E-state index contributed by atoms with van der Waals surface area (Å²) in [5.74, 6) is -0.658. The number of benzene rings is 2. The highest BCUT2D eigenvalue weighted by Gasteiger charge is 2.12. The smallest absolute Gasteiger partial charge is 0.255 e. The van der Waals surface area contributed by atoms with Crippen LogP contribution in [0.5, 0.6) is 11.5 Å². The van der Waals surface area contributed by atoms with Crippen molar-refractivity contribution in [1.29, 1.82) is 0 Å². The third kappa shape index (κ3) is 2.98. The molecule has 0 unspecified atom stereocenters. The van der Waals surface area contributed by atoms with Gasteiger partial charge >= 0.3 is 0 Å². The molecule has 0 aromatic heterocycles. The number of rotatable bonds is 2. The number of aromatic hydroxyl groups is 2. The van der Waals surface area contributed by atoms with Crippen LogP contribution in [0.4, 0.5) is 5.69 Å². The Labute approximate surface area is 122 Å². The molecule has 1 heterocycles. The minimum atomic E-state index is -0.370. The summed E-state index contributed by atoms with van der Waals surface area (Å²) in [6, 6.07) is 9.64. The molecule has 1 aliphatic heterocycles. The van der Waals surface area contributed by atoms with Crippen LogP contribution in [-0.4, -0.2) is 22.7 Å². The van der Waals surface area contributed by atoms with Crippen LogP contribution in [0.25, 0.3) is 0 Å². The number of phenolic OH excluding ortho intramolecular Hbond substituents is 2. The fourth-order valence-electron chi connectivity index (χ4n) is 2.49. The maximum atomic E-state index is 12.1. The summed E-state index contributed by atoms with van der Waals surface area (Å²) >= 11 is 0. The number of carbonyl (C=O) groups is 1. The molecule has 21 heavy (non-hydrogen) atoms. The van der Waals surface area contributed by atoms with Gasteiger partial charge in [-0.1, -0.05) is 6.07 Å². The molecule has 2 aromatic carbocycles. The standard InChI is InChI=1S/C16H16N2O3/c19-14-6-11(7-15(20)8-14)16(21)18-13-2-1-10-3-4-17-9-12(10)5-13/h1-2,5-8,17,19-20H,3-4,9H2,(H,18,21). The highest BCUT2D eigenvalue weighted by atomic mass is 16.3. The van der Waals surface area contributed by atoms with Gasteiger partial charge in [0.15, 0.2) is 0 Å². The molecule has 5 nitrogen and oxygen atoms in total. The molecular weight excluding hydrogens is 268 g/mol. The average Bonchev–Trinajstić information content (AvgIpc) is 2.46. The molecule has 0 aliphatic carbocycles. The van der Waals surface area contributed by atoms with Crippen molar-refractivity contribution in [2.24, 2.45) is 0 Å². The Morgan fingerprint density at radius 3 is 2.57 bits per heavy atom. The molecule has 1 amide bonds. The Hall–Kier alpha value is -2.53. The zero-order valence-corrected chi connectivity index (χ0v) is 11.4. The van der Waals surface area contributed by atoms with Crippen LogP contribution in [0.1, 0.15) is 21.5 Å². The normalized spacial score (nSPS) is 13.5. The van der Waals surface area contributed by atoms with E-state index in [1.165, 1.54) is 29.3 Å². The number of amides is 1. The summed E-state index contributed by atoms with van der Waals surface area (Å²) in [5.41, 5.74) is 3.38. The number of carbonyl (C=O) groups excluding carboxylic acids is 1. The highest BCUT2D eigenvalue weighted by Crippen LogP contribution is 2.23. The van der Waals surface area contributed by atoms with Crippen molar-refractivity contribution >= 4 is 11.6 Å². The molecular formula is C16H16N2O3. The van der Waals surface area contributed by atoms with E-state index in [1.807, 2.05) is 18.2 Å². The minimum Gasteiger partial charge on any atom is -0.508 e. The SMILES string of the molecule is O=C(Nc1ccc2c(c1)CNCC2)c1cc(O)cc(O)c1. The van der Waals surface area contributed by atoms with Crippen molar-refractivity contribution in [3.8, 4) is 11.5 Å². The van der Waals surface area contributed by atoms with Crippen molar-refractivity contribution in [3.05, 3.63) is 53.1 Å². The molecule has 0 radical (unpaired) electrons. The molecule has 0 spiro atoms. The van der Waals surface area contributed by atoms with Crippen LogP contribution in [0.3, 0.4) is 0 Å². The maximum Gasteiger partial charge on any atom is 0.255 e. The second-order valence-corrected chi connectivity index (χ2v) is 5.10. The second-order valence-electron chi connectivity index (χ2n) is 5.10. The number of hydrogen-bond acceptors (Lipinski definition) is 4. The largest absolute Gasteiger partial charge is 0.508 e. The maximum absolute atomic E-state index is 12.1. The first kappa shape index (κ1) is 13.5. The number of hydrogen-bond donors (Lipinski definition) is 4. The third-order valence-corrected chi connectivity index (χ3v) is 3.52. The Morgan fingerprint density at radius 2 is 1.81 bits per heavy atom. The molecule has 108 valence electrons. The molecule has 0 saturated carbocycles. The van der Waals surface area contributed by atoms with Crippen molar-refractivity contribution in [1.82, 2.24) is 5.32 Å². The van der Waals surface area contributed by atoms with Crippen LogP contribution >= 0.6 is 0 Å². The topological polar surface area (TPSA) is 81.6 Å². The first-order chi connectivity index (χ1) is 10.1. The van der Waals surface area contributed by atoms with E-state index in [2.05, 4.69) is 10.6 Å². The highest BCUT2D eigenvalue weighted by molar-refractivity contribution is 6.04. The van der Waals surface area contributed by atoms with Crippen LogP contribution in [0.2, 0.25) is 0 Å². The Morgan fingerprint density at radius 1 is 1.05 bits per heavy atom. The Balaban J connectivity index is 1.81. The van der Waals surface area contributed by atoms with Gasteiger partial charge in [0.25, 0.3) is 5.91 Å². The summed E-state index contributed by atoms with van der Waals surface area (Å²) in [7, 11) is 0. The van der Waals surface area contributed by atoms with Gasteiger partial charge in [-0.2, -0.15) is 0 Å². The quantitative estimate of drug-likeness (QED) is 0.680. The predicted octanol–water partition coefficient (Wildman–Crippen LogP) is 2.00.